The first kappa shape index (κ1) is 34.7. The van der Waals surface area contributed by atoms with Gasteiger partial charge < -0.3 is 37.4 Å². The number of benzene rings is 2. The number of carbonyl (C=O) groups excluding carboxylic acids is 5. The van der Waals surface area contributed by atoms with Crippen LogP contribution in [0, 0.1) is 5.92 Å². The predicted octanol–water partition coefficient (Wildman–Crippen LogP) is 0.277. The maximum atomic E-state index is 13.3. The van der Waals surface area contributed by atoms with Crippen molar-refractivity contribution >= 4 is 29.5 Å². The molecule has 234 valence electrons. The van der Waals surface area contributed by atoms with Gasteiger partial charge in [0.1, 0.15) is 23.9 Å². The molecule has 0 heterocycles. The molecule has 0 fully saturated rings. The van der Waals surface area contributed by atoms with Crippen LogP contribution in [0.15, 0.2) is 54.6 Å². The molecule has 0 saturated carbocycles. The Morgan fingerprint density at radius 2 is 1.35 bits per heavy atom. The number of aromatic hydroxyl groups is 1. The second-order valence-corrected chi connectivity index (χ2v) is 10.8. The van der Waals surface area contributed by atoms with E-state index in [9.17, 15) is 29.1 Å². The zero-order valence-corrected chi connectivity index (χ0v) is 25.2. The van der Waals surface area contributed by atoms with E-state index in [0.717, 1.165) is 11.1 Å². The number of nitrogens with two attached hydrogens (primary N) is 1. The minimum Gasteiger partial charge on any atom is -0.508 e. The molecule has 0 aromatic heterocycles. The summed E-state index contributed by atoms with van der Waals surface area (Å²) in [5, 5.41) is 22.5. The molecule has 43 heavy (non-hydrogen) atoms. The van der Waals surface area contributed by atoms with Crippen molar-refractivity contribution in [2.45, 2.75) is 71.1 Å². The van der Waals surface area contributed by atoms with Crippen LogP contribution in [0.4, 0.5) is 0 Å². The molecular formula is C31H44N6O6. The smallest absolute Gasteiger partial charge is 0.243 e. The summed E-state index contributed by atoms with van der Waals surface area (Å²) in [7, 11) is 0. The number of rotatable bonds is 16. The lowest BCUT2D eigenvalue weighted by Gasteiger charge is -2.24. The van der Waals surface area contributed by atoms with Crippen molar-refractivity contribution in [3.63, 3.8) is 0 Å². The van der Waals surface area contributed by atoms with E-state index < -0.39 is 54.3 Å². The van der Waals surface area contributed by atoms with Crippen LogP contribution in [-0.2, 0) is 36.8 Å². The van der Waals surface area contributed by atoms with Crippen molar-refractivity contribution in [1.82, 2.24) is 26.6 Å². The highest BCUT2D eigenvalue weighted by molar-refractivity contribution is 5.94. The van der Waals surface area contributed by atoms with E-state index in [2.05, 4.69) is 26.6 Å². The fourth-order valence-electron chi connectivity index (χ4n) is 4.26. The van der Waals surface area contributed by atoms with E-state index in [1.165, 1.54) is 19.1 Å². The zero-order valence-electron chi connectivity index (χ0n) is 25.2. The third-order valence-corrected chi connectivity index (χ3v) is 6.53. The number of phenols is 1. The van der Waals surface area contributed by atoms with E-state index in [4.69, 9.17) is 5.73 Å². The molecule has 0 aliphatic heterocycles. The molecule has 12 heteroatoms. The Labute approximate surface area is 252 Å². The van der Waals surface area contributed by atoms with Gasteiger partial charge in [-0.25, -0.2) is 0 Å². The Morgan fingerprint density at radius 1 is 0.721 bits per heavy atom. The lowest BCUT2D eigenvalue weighted by Crippen LogP contribution is -2.56. The monoisotopic (exact) mass is 596 g/mol. The van der Waals surface area contributed by atoms with Crippen LogP contribution in [-0.4, -0.2) is 71.9 Å². The predicted molar refractivity (Wildman–Crippen MR) is 163 cm³/mol. The average molecular weight is 597 g/mol. The maximum absolute atomic E-state index is 13.3. The van der Waals surface area contributed by atoms with Crippen molar-refractivity contribution < 1.29 is 29.1 Å². The summed E-state index contributed by atoms with van der Waals surface area (Å²) in [5.41, 5.74) is 7.50. The van der Waals surface area contributed by atoms with Gasteiger partial charge >= 0.3 is 0 Å². The van der Waals surface area contributed by atoms with Gasteiger partial charge in [0.2, 0.25) is 29.5 Å². The minimum atomic E-state index is -1.01. The van der Waals surface area contributed by atoms with E-state index in [1.807, 2.05) is 44.2 Å². The third kappa shape index (κ3) is 12.5. The number of hydrogen-bond acceptors (Lipinski definition) is 7. The highest BCUT2D eigenvalue weighted by Crippen LogP contribution is 2.11. The molecule has 0 aliphatic carbocycles. The number of hydrogen-bond donors (Lipinski definition) is 7. The Bertz CT molecular complexity index is 1220. The van der Waals surface area contributed by atoms with Crippen LogP contribution < -0.4 is 32.3 Å². The van der Waals surface area contributed by atoms with Crippen molar-refractivity contribution in [3.8, 4) is 5.75 Å². The zero-order chi connectivity index (χ0) is 31.9. The summed E-state index contributed by atoms with van der Waals surface area (Å²) in [6.45, 7) is 7.10. The number of likely N-dealkylation sites (N-methyl/N-ethyl adjacent to an activating group) is 1. The van der Waals surface area contributed by atoms with Crippen LogP contribution in [0.5, 0.6) is 5.75 Å². The lowest BCUT2D eigenvalue weighted by atomic mass is 10.0. The van der Waals surface area contributed by atoms with E-state index in [-0.39, 0.29) is 30.4 Å². The van der Waals surface area contributed by atoms with Crippen LogP contribution in [0.3, 0.4) is 0 Å². The lowest BCUT2D eigenvalue weighted by molar-refractivity contribution is -0.133. The summed E-state index contributed by atoms with van der Waals surface area (Å²) in [6.07, 6.45) is 0.787. The van der Waals surface area contributed by atoms with Gasteiger partial charge in [-0.1, -0.05) is 56.3 Å². The molecule has 2 aromatic rings. The fourth-order valence-corrected chi connectivity index (χ4v) is 4.26. The van der Waals surface area contributed by atoms with Crippen LogP contribution in [0.25, 0.3) is 0 Å². The Morgan fingerprint density at radius 3 is 1.95 bits per heavy atom. The molecule has 0 saturated heterocycles. The van der Waals surface area contributed by atoms with E-state index >= 15 is 0 Å². The Kier molecular flexibility index (Phi) is 14.1. The summed E-state index contributed by atoms with van der Waals surface area (Å²) in [6, 6.07) is 11.7. The van der Waals surface area contributed by atoms with E-state index in [1.54, 1.807) is 19.1 Å². The fraction of sp³-hybridized carbons (Fsp3) is 0.452. The van der Waals surface area contributed by atoms with Crippen molar-refractivity contribution in [2.75, 3.05) is 13.1 Å². The first-order valence-electron chi connectivity index (χ1n) is 14.4. The molecule has 0 bridgehead atoms. The number of nitrogens with one attached hydrogen (secondary N) is 5. The normalized spacial score (nSPS) is 13.6. The first-order chi connectivity index (χ1) is 20.4. The van der Waals surface area contributed by atoms with Gasteiger partial charge in [0.15, 0.2) is 0 Å². The molecule has 0 aliphatic rings. The van der Waals surface area contributed by atoms with Gasteiger partial charge in [0.05, 0.1) is 12.6 Å². The van der Waals surface area contributed by atoms with Gasteiger partial charge in [-0.3, -0.25) is 24.0 Å². The third-order valence-electron chi connectivity index (χ3n) is 6.53. The second kappa shape index (κ2) is 17.5. The average Bonchev–Trinajstić information content (AvgIpc) is 2.96. The van der Waals surface area contributed by atoms with Gasteiger partial charge in [-0.2, -0.15) is 0 Å². The molecule has 12 nitrogen and oxygen atoms in total. The maximum Gasteiger partial charge on any atom is 0.243 e. The summed E-state index contributed by atoms with van der Waals surface area (Å²) in [5.74, 6) is -2.39. The molecule has 0 spiro atoms. The molecule has 4 atom stereocenters. The van der Waals surface area contributed by atoms with Crippen molar-refractivity contribution in [2.24, 2.45) is 11.7 Å². The molecule has 0 unspecified atom stereocenters. The summed E-state index contributed by atoms with van der Waals surface area (Å²) in [4.78, 5) is 63.8. The van der Waals surface area contributed by atoms with Crippen molar-refractivity contribution in [1.29, 1.82) is 0 Å². The highest BCUT2D eigenvalue weighted by atomic mass is 16.3. The Balaban J connectivity index is 1.97. The first-order valence-corrected chi connectivity index (χ1v) is 14.4. The largest absolute Gasteiger partial charge is 0.508 e. The van der Waals surface area contributed by atoms with Crippen molar-refractivity contribution in [3.05, 3.63) is 65.7 Å². The topological polar surface area (TPSA) is 192 Å². The number of carbonyl (C=O) groups is 5. The molecular weight excluding hydrogens is 552 g/mol. The van der Waals surface area contributed by atoms with Gasteiger partial charge in [0.25, 0.3) is 0 Å². The van der Waals surface area contributed by atoms with Crippen LogP contribution in [0.1, 0.15) is 45.2 Å². The summed E-state index contributed by atoms with van der Waals surface area (Å²) < 4.78 is 0. The highest BCUT2D eigenvalue weighted by Gasteiger charge is 2.28. The van der Waals surface area contributed by atoms with Gasteiger partial charge in [0, 0.05) is 13.0 Å². The molecule has 5 amide bonds. The SMILES string of the molecule is CCNC(=O)[C@H](CC(C)C)NC(=O)[C@H](Cc1ccccc1)NC(=O)CNC(=O)[C@@H](C)NC(=O)[C@@H](N)Cc1ccc(O)cc1. The summed E-state index contributed by atoms with van der Waals surface area (Å²) >= 11 is 0. The van der Waals surface area contributed by atoms with Gasteiger partial charge in [-0.05, 0) is 55.9 Å². The quantitative estimate of drug-likeness (QED) is 0.145. The molecule has 8 N–H and O–H groups in total. The molecule has 2 rings (SSSR count). The van der Waals surface area contributed by atoms with E-state index in [0.29, 0.717) is 13.0 Å². The second-order valence-electron chi connectivity index (χ2n) is 10.8. The minimum absolute atomic E-state index is 0.0952. The van der Waals surface area contributed by atoms with Crippen LogP contribution >= 0.6 is 0 Å². The number of phenolic OH excluding ortho intramolecular Hbond substituents is 1. The Hall–Kier alpha value is -4.45. The standard InChI is InChI=1S/C31H44N6O6/c1-5-33-30(42)25(15-19(2)3)37-31(43)26(17-21-9-7-6-8-10-21)36-27(39)18-34-28(40)20(4)35-29(41)24(32)16-22-11-13-23(38)14-12-22/h6-14,19-20,24-26,38H,5,15-18,32H2,1-4H3,(H,33,42)(H,34,40)(H,35,41)(H,36,39)(H,37,43)/t20-,24+,25+,26+/m1/s1. The van der Waals surface area contributed by atoms with Crippen LogP contribution in [0.2, 0.25) is 0 Å². The molecule has 0 radical (unpaired) electrons. The van der Waals surface area contributed by atoms with Gasteiger partial charge in [-0.15, -0.1) is 0 Å². The number of amides is 5. The molecule has 2 aromatic carbocycles.